The zero-order valence-electron chi connectivity index (χ0n) is 9.33. The first kappa shape index (κ1) is 13.7. The molecule has 1 aromatic heterocycles. The molecule has 1 unspecified atom stereocenters. The summed E-state index contributed by atoms with van der Waals surface area (Å²) in [7, 11) is 0. The van der Waals surface area contributed by atoms with E-state index in [4.69, 9.17) is 5.73 Å². The second kappa shape index (κ2) is 7.04. The highest BCUT2D eigenvalue weighted by atomic mass is 79.9. The average Bonchev–Trinajstić information content (AvgIpc) is 2.61. The Morgan fingerprint density at radius 1 is 1.69 bits per heavy atom. The van der Waals surface area contributed by atoms with Crippen molar-refractivity contribution >= 4 is 33.2 Å². The highest BCUT2D eigenvalue weighted by Gasteiger charge is 2.08. The fourth-order valence-corrected chi connectivity index (χ4v) is 2.81. The first-order chi connectivity index (χ1) is 7.61. The van der Waals surface area contributed by atoms with E-state index in [1.54, 1.807) is 11.3 Å². The van der Waals surface area contributed by atoms with E-state index in [2.05, 4.69) is 28.2 Å². The van der Waals surface area contributed by atoms with Gasteiger partial charge in [-0.15, -0.1) is 11.3 Å². The van der Waals surface area contributed by atoms with E-state index in [1.165, 1.54) is 0 Å². The van der Waals surface area contributed by atoms with E-state index < -0.39 is 0 Å². The molecule has 0 aromatic carbocycles. The lowest BCUT2D eigenvalue weighted by atomic mass is 10.1. The maximum atomic E-state index is 11.5. The summed E-state index contributed by atoms with van der Waals surface area (Å²) in [6, 6.07) is 2.00. The van der Waals surface area contributed by atoms with Crippen molar-refractivity contribution in [2.45, 2.75) is 38.8 Å². The van der Waals surface area contributed by atoms with Gasteiger partial charge >= 0.3 is 0 Å². The third-order valence-corrected chi connectivity index (χ3v) is 3.89. The van der Waals surface area contributed by atoms with Gasteiger partial charge in [0.05, 0.1) is 6.54 Å². The summed E-state index contributed by atoms with van der Waals surface area (Å²) in [5.41, 5.74) is 5.79. The Labute approximate surface area is 109 Å². The summed E-state index contributed by atoms with van der Waals surface area (Å²) in [5.74, 6) is 0.0328. The number of amides is 1. The predicted octanol–water partition coefficient (Wildman–Crippen LogP) is 2.64. The maximum absolute atomic E-state index is 11.5. The van der Waals surface area contributed by atoms with Crippen molar-refractivity contribution in [2.24, 2.45) is 5.73 Å². The van der Waals surface area contributed by atoms with Gasteiger partial charge < -0.3 is 11.1 Å². The lowest BCUT2D eigenvalue weighted by Crippen LogP contribution is -2.31. The molecule has 90 valence electrons. The van der Waals surface area contributed by atoms with Crippen LogP contribution in [0.15, 0.2) is 15.9 Å². The van der Waals surface area contributed by atoms with Crippen LogP contribution in [0, 0.1) is 0 Å². The molecule has 0 aliphatic carbocycles. The normalized spacial score (nSPS) is 12.4. The third kappa shape index (κ3) is 5.09. The van der Waals surface area contributed by atoms with Crippen molar-refractivity contribution in [2.75, 3.05) is 0 Å². The van der Waals surface area contributed by atoms with Crippen LogP contribution < -0.4 is 11.1 Å². The van der Waals surface area contributed by atoms with E-state index in [-0.39, 0.29) is 11.9 Å². The Balaban J connectivity index is 2.25. The first-order valence-electron chi connectivity index (χ1n) is 5.37. The minimum atomic E-state index is -0.0138. The Morgan fingerprint density at radius 3 is 3.00 bits per heavy atom. The minimum Gasteiger partial charge on any atom is -0.351 e. The van der Waals surface area contributed by atoms with Gasteiger partial charge in [0.1, 0.15) is 0 Å². The fourth-order valence-electron chi connectivity index (χ4n) is 1.42. The standard InChI is InChI=1S/C11H17BrN2OS/c1-2-3-9(13)5-11(15)14-6-10-4-8(12)7-16-10/h4,7,9H,2-3,5-6,13H2,1H3,(H,14,15). The SMILES string of the molecule is CCCC(N)CC(=O)NCc1cc(Br)cs1. The number of carbonyl (C=O) groups is 1. The van der Waals surface area contributed by atoms with Crippen molar-refractivity contribution in [3.63, 3.8) is 0 Å². The maximum Gasteiger partial charge on any atom is 0.221 e. The summed E-state index contributed by atoms with van der Waals surface area (Å²) in [6.45, 7) is 2.66. The number of nitrogens with one attached hydrogen (secondary N) is 1. The van der Waals surface area contributed by atoms with Crippen molar-refractivity contribution in [3.8, 4) is 0 Å². The van der Waals surface area contributed by atoms with Crippen LogP contribution in [0.4, 0.5) is 0 Å². The molecule has 0 radical (unpaired) electrons. The van der Waals surface area contributed by atoms with E-state index >= 15 is 0 Å². The van der Waals surface area contributed by atoms with Crippen LogP contribution in [-0.4, -0.2) is 11.9 Å². The summed E-state index contributed by atoms with van der Waals surface area (Å²) in [4.78, 5) is 12.7. The molecule has 1 heterocycles. The second-order valence-electron chi connectivity index (χ2n) is 3.76. The number of hydrogen-bond donors (Lipinski definition) is 2. The molecule has 1 aromatic rings. The molecule has 0 bridgehead atoms. The Morgan fingerprint density at radius 2 is 2.44 bits per heavy atom. The fraction of sp³-hybridized carbons (Fsp3) is 0.545. The van der Waals surface area contributed by atoms with Crippen LogP contribution in [0.1, 0.15) is 31.1 Å². The van der Waals surface area contributed by atoms with Crippen molar-refractivity contribution < 1.29 is 4.79 Å². The number of hydrogen-bond acceptors (Lipinski definition) is 3. The third-order valence-electron chi connectivity index (χ3n) is 2.19. The van der Waals surface area contributed by atoms with E-state index in [0.717, 1.165) is 22.2 Å². The van der Waals surface area contributed by atoms with Crippen molar-refractivity contribution in [1.82, 2.24) is 5.32 Å². The molecule has 0 saturated heterocycles. The summed E-state index contributed by atoms with van der Waals surface area (Å²) >= 11 is 5.01. The monoisotopic (exact) mass is 304 g/mol. The molecule has 0 aliphatic heterocycles. The molecule has 1 rings (SSSR count). The molecular formula is C11H17BrN2OS. The number of rotatable bonds is 6. The summed E-state index contributed by atoms with van der Waals surface area (Å²) in [5, 5.41) is 4.88. The quantitative estimate of drug-likeness (QED) is 0.849. The Kier molecular flexibility index (Phi) is 6.01. The molecule has 0 aliphatic rings. The van der Waals surface area contributed by atoms with Gasteiger partial charge in [-0.3, -0.25) is 4.79 Å². The van der Waals surface area contributed by atoms with Gasteiger partial charge in [-0.25, -0.2) is 0 Å². The van der Waals surface area contributed by atoms with Crippen LogP contribution in [0.25, 0.3) is 0 Å². The van der Waals surface area contributed by atoms with Gasteiger partial charge in [0, 0.05) is 27.2 Å². The number of thiophene rings is 1. The highest BCUT2D eigenvalue weighted by Crippen LogP contribution is 2.19. The number of nitrogens with two attached hydrogens (primary N) is 1. The van der Waals surface area contributed by atoms with Gasteiger partial charge in [-0.1, -0.05) is 13.3 Å². The molecule has 0 spiro atoms. The van der Waals surface area contributed by atoms with Gasteiger partial charge in [0.25, 0.3) is 0 Å². The van der Waals surface area contributed by atoms with Crippen molar-refractivity contribution in [1.29, 1.82) is 0 Å². The molecule has 16 heavy (non-hydrogen) atoms. The van der Waals surface area contributed by atoms with Crippen LogP contribution in [0.2, 0.25) is 0 Å². The van der Waals surface area contributed by atoms with Crippen molar-refractivity contribution in [3.05, 3.63) is 20.8 Å². The minimum absolute atomic E-state index is 0.0138. The van der Waals surface area contributed by atoms with Gasteiger partial charge in [0.2, 0.25) is 5.91 Å². The largest absolute Gasteiger partial charge is 0.351 e. The molecule has 3 nitrogen and oxygen atoms in total. The summed E-state index contributed by atoms with van der Waals surface area (Å²) < 4.78 is 1.06. The average molecular weight is 305 g/mol. The first-order valence-corrected chi connectivity index (χ1v) is 7.04. The Bertz CT molecular complexity index is 340. The van der Waals surface area contributed by atoms with E-state index in [0.29, 0.717) is 13.0 Å². The van der Waals surface area contributed by atoms with Gasteiger partial charge in [-0.05, 0) is 28.4 Å². The molecule has 3 N–H and O–H groups in total. The topological polar surface area (TPSA) is 55.1 Å². The molecule has 1 amide bonds. The lowest BCUT2D eigenvalue weighted by Gasteiger charge is -2.09. The smallest absolute Gasteiger partial charge is 0.221 e. The molecule has 0 saturated carbocycles. The van der Waals surface area contributed by atoms with Gasteiger partial charge in [-0.2, -0.15) is 0 Å². The lowest BCUT2D eigenvalue weighted by molar-refractivity contribution is -0.121. The highest BCUT2D eigenvalue weighted by molar-refractivity contribution is 9.10. The summed E-state index contributed by atoms with van der Waals surface area (Å²) in [6.07, 6.45) is 2.34. The number of carbonyl (C=O) groups excluding carboxylic acids is 1. The molecule has 0 fully saturated rings. The van der Waals surface area contributed by atoms with Gasteiger partial charge in [0.15, 0.2) is 0 Å². The van der Waals surface area contributed by atoms with Crippen LogP contribution in [0.3, 0.4) is 0 Å². The molecule has 5 heteroatoms. The predicted molar refractivity (Wildman–Crippen MR) is 71.4 cm³/mol. The zero-order valence-corrected chi connectivity index (χ0v) is 11.7. The molecular weight excluding hydrogens is 288 g/mol. The van der Waals surface area contributed by atoms with E-state index in [1.807, 2.05) is 11.4 Å². The second-order valence-corrected chi connectivity index (χ2v) is 5.67. The van der Waals surface area contributed by atoms with Crippen LogP contribution >= 0.6 is 27.3 Å². The Hall–Kier alpha value is -0.390. The number of halogens is 1. The van der Waals surface area contributed by atoms with Crippen LogP contribution in [-0.2, 0) is 11.3 Å². The molecule has 1 atom stereocenters. The zero-order chi connectivity index (χ0) is 12.0. The van der Waals surface area contributed by atoms with E-state index in [9.17, 15) is 4.79 Å². The van der Waals surface area contributed by atoms with Crippen LogP contribution in [0.5, 0.6) is 0 Å².